The van der Waals surface area contributed by atoms with E-state index in [1.54, 1.807) is 15.9 Å². The Morgan fingerprint density at radius 3 is 1.95 bits per heavy atom. The van der Waals surface area contributed by atoms with Crippen molar-refractivity contribution < 1.29 is 27.8 Å². The van der Waals surface area contributed by atoms with E-state index in [2.05, 4.69) is 20.6 Å². The van der Waals surface area contributed by atoms with Crippen LogP contribution in [0.15, 0.2) is 54.7 Å². The summed E-state index contributed by atoms with van der Waals surface area (Å²) in [4.78, 5) is 37.3. The number of hydrogen-bond acceptors (Lipinski definition) is 6. The number of amides is 2. The molecular formula is C32H36F3N5O3. The van der Waals surface area contributed by atoms with Crippen molar-refractivity contribution in [1.82, 2.24) is 25.4 Å². The molecule has 3 aliphatic heterocycles. The molecule has 3 aliphatic rings. The van der Waals surface area contributed by atoms with Crippen molar-refractivity contribution in [2.45, 2.75) is 31.6 Å². The number of rotatable bonds is 5. The Labute approximate surface area is 249 Å². The summed E-state index contributed by atoms with van der Waals surface area (Å²) in [6.45, 7) is 5.35. The minimum atomic E-state index is -0.454. The van der Waals surface area contributed by atoms with Crippen LogP contribution in [-0.4, -0.2) is 79.0 Å². The van der Waals surface area contributed by atoms with Gasteiger partial charge in [0.15, 0.2) is 0 Å². The van der Waals surface area contributed by atoms with Crippen LogP contribution >= 0.6 is 0 Å². The molecule has 4 heterocycles. The van der Waals surface area contributed by atoms with E-state index in [0.717, 1.165) is 31.5 Å². The minimum absolute atomic E-state index is 0.210. The number of piperidine rings is 1. The fourth-order valence-electron chi connectivity index (χ4n) is 5.70. The third-order valence-electron chi connectivity index (χ3n) is 8.12. The molecule has 0 unspecified atom stereocenters. The lowest BCUT2D eigenvalue weighted by molar-refractivity contribution is -0.0111. The molecule has 228 valence electrons. The Kier molecular flexibility index (Phi) is 10.3. The summed E-state index contributed by atoms with van der Waals surface area (Å²) in [5.41, 5.74) is 2.02. The summed E-state index contributed by atoms with van der Waals surface area (Å²) >= 11 is 0. The maximum Gasteiger partial charge on any atom is 0.270 e. The van der Waals surface area contributed by atoms with Crippen LogP contribution in [-0.2, 0) is 0 Å². The molecule has 2 amide bonds. The van der Waals surface area contributed by atoms with Crippen LogP contribution in [0.5, 0.6) is 5.88 Å². The minimum Gasteiger partial charge on any atom is -0.335 e. The summed E-state index contributed by atoms with van der Waals surface area (Å²) in [5, 5.41) is 6.51. The van der Waals surface area contributed by atoms with Crippen LogP contribution in [0.4, 0.5) is 13.3 Å². The summed E-state index contributed by atoms with van der Waals surface area (Å²) in [7, 11) is 0. The van der Waals surface area contributed by atoms with Gasteiger partial charge in [0.1, 0.15) is 11.6 Å². The Morgan fingerprint density at radius 2 is 1.37 bits per heavy atom. The number of nitrogens with zero attached hydrogens (tertiary/aromatic N) is 3. The molecule has 8 nitrogen and oxygen atoms in total. The van der Waals surface area contributed by atoms with Crippen LogP contribution in [0.1, 0.15) is 57.9 Å². The second-order valence-corrected chi connectivity index (χ2v) is 11.0. The normalized spacial score (nSPS) is 17.3. The smallest absolute Gasteiger partial charge is 0.270 e. The average molecular weight is 596 g/mol. The number of aromatic nitrogens is 1. The largest absolute Gasteiger partial charge is 0.335 e. The topological polar surface area (TPSA) is 86.8 Å². The van der Waals surface area contributed by atoms with Crippen molar-refractivity contribution in [3.63, 3.8) is 0 Å². The molecule has 0 aliphatic carbocycles. The highest BCUT2D eigenvalue weighted by molar-refractivity contribution is 5.97. The van der Waals surface area contributed by atoms with Crippen molar-refractivity contribution in [3.8, 4) is 17.0 Å². The summed E-state index contributed by atoms with van der Waals surface area (Å²) < 4.78 is 40.8. The molecular weight excluding hydrogens is 559 g/mol. The molecule has 6 rings (SSSR count). The molecule has 11 heteroatoms. The Hall–Kier alpha value is -3.96. The zero-order valence-electron chi connectivity index (χ0n) is 24.0. The highest BCUT2D eigenvalue weighted by atomic mass is 19.3. The molecule has 0 atom stereocenters. The molecule has 1 aromatic heterocycles. The van der Waals surface area contributed by atoms with Crippen molar-refractivity contribution in [2.24, 2.45) is 0 Å². The molecule has 2 aromatic carbocycles. The third-order valence-corrected chi connectivity index (χ3v) is 8.12. The summed E-state index contributed by atoms with van der Waals surface area (Å²) in [6, 6.07) is 11.3. The molecule has 3 aromatic rings. The molecule has 0 radical (unpaired) electrons. The van der Waals surface area contributed by atoms with Gasteiger partial charge in [0.2, 0.25) is 0 Å². The van der Waals surface area contributed by atoms with E-state index < -0.39 is 11.6 Å². The average Bonchev–Trinajstić information content (AvgIpc) is 3.65. The number of halogens is 3. The van der Waals surface area contributed by atoms with E-state index in [9.17, 15) is 22.9 Å². The second kappa shape index (κ2) is 14.5. The monoisotopic (exact) mass is 595 g/mol. The van der Waals surface area contributed by atoms with Gasteiger partial charge in [0.05, 0.1) is 5.56 Å². The van der Waals surface area contributed by atoms with Crippen LogP contribution < -0.4 is 15.6 Å². The quantitative estimate of drug-likeness (QED) is 0.444. The highest BCUT2D eigenvalue weighted by Crippen LogP contribution is 2.30. The first-order valence-corrected chi connectivity index (χ1v) is 14.8. The summed E-state index contributed by atoms with van der Waals surface area (Å²) in [6.07, 6.45) is 5.79. The third kappa shape index (κ3) is 7.71. The Morgan fingerprint density at radius 1 is 0.767 bits per heavy atom. The lowest BCUT2D eigenvalue weighted by Gasteiger charge is -2.35. The number of piperazine rings is 1. The number of nitrogens with one attached hydrogen (secondary N) is 2. The molecule has 0 bridgehead atoms. The fraction of sp³-hybridized carbons (Fsp3) is 0.406. The number of hydrogen-bond donors (Lipinski definition) is 2. The number of carbonyl (C=O) groups excluding carboxylic acids is 2. The van der Waals surface area contributed by atoms with Crippen LogP contribution in [0.2, 0.25) is 0 Å². The lowest BCUT2D eigenvalue weighted by Crippen LogP contribution is -2.50. The first-order chi connectivity index (χ1) is 20.9. The van der Waals surface area contributed by atoms with Crippen molar-refractivity contribution in [1.29, 1.82) is 0 Å². The number of benzene rings is 2. The standard InChI is InChI=1S/C28H27F3N4O3.C4H9N/c29-23-3-1-19(2-4-23)25-16-22(17-33-26(25)38-31)28(37)35-11-9-34(10-12-35)27(36)21-13-20(14-24(30)15-21)18-5-7-32-8-6-18;1-2-4-5-3-1/h1-4,13-18,32H,5-12H2;5H,1-4H2. The van der Waals surface area contributed by atoms with Gasteiger partial charge in [-0.25, -0.2) is 13.8 Å². The van der Waals surface area contributed by atoms with Gasteiger partial charge in [-0.15, -0.1) is 0 Å². The van der Waals surface area contributed by atoms with Crippen molar-refractivity contribution in [3.05, 3.63) is 83.1 Å². The molecule has 43 heavy (non-hydrogen) atoms. The van der Waals surface area contributed by atoms with E-state index in [4.69, 9.17) is 0 Å². The Balaban J connectivity index is 0.000000668. The van der Waals surface area contributed by atoms with Crippen LogP contribution in [0.3, 0.4) is 0 Å². The zero-order valence-corrected chi connectivity index (χ0v) is 24.0. The van der Waals surface area contributed by atoms with Crippen LogP contribution in [0, 0.1) is 11.6 Å². The molecule has 2 N–H and O–H groups in total. The van der Waals surface area contributed by atoms with Crippen molar-refractivity contribution >= 4 is 11.8 Å². The first kappa shape index (κ1) is 30.5. The Bertz CT molecular complexity index is 1400. The molecule has 0 spiro atoms. The predicted molar refractivity (Wildman–Crippen MR) is 157 cm³/mol. The van der Waals surface area contributed by atoms with E-state index in [0.29, 0.717) is 11.1 Å². The first-order valence-electron chi connectivity index (χ1n) is 14.8. The van der Waals surface area contributed by atoms with E-state index >= 15 is 0 Å². The zero-order chi connectivity index (χ0) is 30.2. The summed E-state index contributed by atoms with van der Waals surface area (Å²) in [5.74, 6) is -1.60. The van der Waals surface area contributed by atoms with Gasteiger partial charge in [-0.3, -0.25) is 14.5 Å². The second-order valence-electron chi connectivity index (χ2n) is 11.0. The van der Waals surface area contributed by atoms with Gasteiger partial charge < -0.3 is 20.4 Å². The predicted octanol–water partition coefficient (Wildman–Crippen LogP) is 4.73. The van der Waals surface area contributed by atoms with Gasteiger partial charge in [0, 0.05) is 48.0 Å². The van der Waals surface area contributed by atoms with Gasteiger partial charge in [0.25, 0.3) is 17.7 Å². The number of carbonyl (C=O) groups is 2. The maximum absolute atomic E-state index is 14.4. The SMILES string of the molecule is C1CCNC1.O=C(c1cc(F)cc(C2CCNCC2)c1)N1CCN(C(=O)c2cnc(OF)c(-c3ccc(F)cc3)c2)CC1. The number of pyridine rings is 1. The molecule has 0 saturated carbocycles. The van der Waals surface area contributed by atoms with E-state index in [1.165, 1.54) is 74.6 Å². The van der Waals surface area contributed by atoms with Gasteiger partial charge in [-0.2, -0.15) is 0 Å². The van der Waals surface area contributed by atoms with Crippen LogP contribution in [0.25, 0.3) is 11.1 Å². The molecule has 3 fully saturated rings. The van der Waals surface area contributed by atoms with Gasteiger partial charge >= 0.3 is 0 Å². The maximum atomic E-state index is 14.4. The van der Waals surface area contributed by atoms with E-state index in [1.807, 2.05) is 0 Å². The highest BCUT2D eigenvalue weighted by Gasteiger charge is 2.27. The lowest BCUT2D eigenvalue weighted by atomic mass is 9.89. The van der Waals surface area contributed by atoms with Crippen molar-refractivity contribution in [2.75, 3.05) is 52.4 Å². The van der Waals surface area contributed by atoms with E-state index in [-0.39, 0.29) is 60.9 Å². The molecule has 3 saturated heterocycles. The fourth-order valence-corrected chi connectivity index (χ4v) is 5.70. The van der Waals surface area contributed by atoms with Gasteiger partial charge in [-0.05, 0) is 105 Å². The van der Waals surface area contributed by atoms with Gasteiger partial charge in [-0.1, -0.05) is 12.1 Å².